The third-order valence-corrected chi connectivity index (χ3v) is 0.880. The van der Waals surface area contributed by atoms with Gasteiger partial charge in [-0.05, 0) is 0 Å². The van der Waals surface area contributed by atoms with Crippen LogP contribution in [-0.2, 0) is 0 Å². The first-order chi connectivity index (χ1) is 2.80. The zero-order valence-corrected chi connectivity index (χ0v) is 3.71. The molecule has 0 aromatic carbocycles. The maximum atomic E-state index is 6.72. The van der Waals surface area contributed by atoms with Gasteiger partial charge in [0, 0.05) is 6.20 Å². The first-order valence-corrected chi connectivity index (χ1v) is 1.89. The van der Waals surface area contributed by atoms with Crippen LogP contribution in [0.4, 0.5) is 0 Å². The van der Waals surface area contributed by atoms with Crippen molar-refractivity contribution < 1.29 is 0 Å². The summed E-state index contributed by atoms with van der Waals surface area (Å²) in [7, 11) is 0. The Labute approximate surface area is 40.3 Å². The van der Waals surface area contributed by atoms with Crippen molar-refractivity contribution in [1.82, 2.24) is 5.32 Å². The monoisotopic (exact) mass is 102 g/mol. The summed E-state index contributed by atoms with van der Waals surface area (Å²) in [5, 5.41) is 9.78. The predicted molar refractivity (Wildman–Crippen MR) is 24.8 cm³/mol. The number of rotatable bonds is 0. The van der Waals surface area contributed by atoms with E-state index in [-0.39, 0.29) is 0 Å². The molecule has 0 saturated heterocycles. The van der Waals surface area contributed by atoms with Crippen molar-refractivity contribution in [3.8, 4) is 0 Å². The third kappa shape index (κ3) is 0.303. The minimum atomic E-state index is 0.316. The van der Waals surface area contributed by atoms with Gasteiger partial charge in [0.25, 0.3) is 0 Å². The van der Waals surface area contributed by atoms with Gasteiger partial charge in [-0.1, -0.05) is 11.6 Å². The van der Waals surface area contributed by atoms with E-state index in [1.54, 1.807) is 6.20 Å². The molecule has 0 aromatic heterocycles. The molecule has 0 bridgehead atoms. The summed E-state index contributed by atoms with van der Waals surface area (Å²) >= 11 is 5.27. The number of amidine groups is 1. The van der Waals surface area contributed by atoms with Crippen LogP contribution in [0.15, 0.2) is 11.2 Å². The summed E-state index contributed by atoms with van der Waals surface area (Å²) in [5.41, 5.74) is 0. The average Bonchev–Trinajstić information content (AvgIpc) is 1.61. The zero-order chi connectivity index (χ0) is 4.57. The normalized spacial score (nSPS) is 18.2. The fraction of sp³-hybridized carbons (Fsp3) is 0. The molecule has 1 rings (SSSR count). The highest BCUT2D eigenvalue weighted by Gasteiger charge is 2.06. The molecule has 0 saturated carbocycles. The van der Waals surface area contributed by atoms with Crippen molar-refractivity contribution in [2.24, 2.45) is 0 Å². The molecule has 0 aliphatic carbocycles. The van der Waals surface area contributed by atoms with Crippen LogP contribution in [-0.4, -0.2) is 5.84 Å². The Bertz CT molecular complexity index is 116. The quantitative estimate of drug-likeness (QED) is 0.463. The van der Waals surface area contributed by atoms with E-state index in [0.29, 0.717) is 10.9 Å². The summed E-state index contributed by atoms with van der Waals surface area (Å²) in [4.78, 5) is 0. The van der Waals surface area contributed by atoms with Gasteiger partial charge >= 0.3 is 0 Å². The highest BCUT2D eigenvalue weighted by molar-refractivity contribution is 6.44. The van der Waals surface area contributed by atoms with Crippen LogP contribution < -0.4 is 5.32 Å². The standard InChI is InChI=1S/C3H3ClN2/c4-2-1-6-3(2)5/h1H,(H2,5,6). The molecule has 0 unspecified atom stereocenters. The van der Waals surface area contributed by atoms with E-state index in [1.807, 2.05) is 0 Å². The van der Waals surface area contributed by atoms with Crippen LogP contribution in [0.2, 0.25) is 0 Å². The van der Waals surface area contributed by atoms with Gasteiger partial charge in [0.15, 0.2) is 0 Å². The Morgan fingerprint density at radius 2 is 2.33 bits per heavy atom. The lowest BCUT2D eigenvalue weighted by atomic mass is 10.4. The fourth-order valence-corrected chi connectivity index (χ4v) is 0.308. The van der Waals surface area contributed by atoms with Gasteiger partial charge in [-0.3, -0.25) is 5.41 Å². The maximum absolute atomic E-state index is 6.72. The van der Waals surface area contributed by atoms with Crippen LogP contribution in [0, 0.1) is 5.41 Å². The number of halogens is 1. The number of hydrogen-bond acceptors (Lipinski definition) is 1. The molecule has 2 N–H and O–H groups in total. The lowest BCUT2D eigenvalue weighted by Gasteiger charge is -2.09. The van der Waals surface area contributed by atoms with Crippen molar-refractivity contribution in [3.63, 3.8) is 0 Å². The molecule has 1 aliphatic rings. The number of hydrogen-bond donors (Lipinski definition) is 2. The van der Waals surface area contributed by atoms with Crippen molar-refractivity contribution in [3.05, 3.63) is 11.2 Å². The van der Waals surface area contributed by atoms with Crippen LogP contribution in [0.1, 0.15) is 0 Å². The molecule has 0 amide bonds. The zero-order valence-electron chi connectivity index (χ0n) is 2.96. The van der Waals surface area contributed by atoms with E-state index in [4.69, 9.17) is 17.0 Å². The SMILES string of the molecule is N=C1NC=C1Cl. The van der Waals surface area contributed by atoms with E-state index >= 15 is 0 Å². The number of nitrogens with one attached hydrogen (secondary N) is 2. The summed E-state index contributed by atoms with van der Waals surface area (Å²) in [6.07, 6.45) is 1.57. The minimum Gasteiger partial charge on any atom is -0.344 e. The van der Waals surface area contributed by atoms with Gasteiger partial charge in [-0.15, -0.1) is 0 Å². The summed E-state index contributed by atoms with van der Waals surface area (Å²) in [5.74, 6) is 0.316. The molecule has 3 heteroatoms. The second-order valence-corrected chi connectivity index (χ2v) is 1.42. The summed E-state index contributed by atoms with van der Waals surface area (Å²) in [6.45, 7) is 0. The lowest BCUT2D eigenvalue weighted by molar-refractivity contribution is 1.16. The molecule has 0 aromatic rings. The second-order valence-electron chi connectivity index (χ2n) is 1.01. The smallest absolute Gasteiger partial charge is 0.142 e. The fourth-order valence-electron chi connectivity index (χ4n) is 0.199. The molecular formula is C3H3ClN2. The molecule has 0 fully saturated rings. The molecular weight excluding hydrogens is 99.5 g/mol. The van der Waals surface area contributed by atoms with Gasteiger partial charge in [-0.25, -0.2) is 0 Å². The summed E-state index contributed by atoms with van der Waals surface area (Å²) in [6, 6.07) is 0. The van der Waals surface area contributed by atoms with E-state index in [0.717, 1.165) is 0 Å². The minimum absolute atomic E-state index is 0.316. The first kappa shape index (κ1) is 3.68. The van der Waals surface area contributed by atoms with Crippen LogP contribution >= 0.6 is 11.6 Å². The Morgan fingerprint density at radius 3 is 2.33 bits per heavy atom. The van der Waals surface area contributed by atoms with Crippen LogP contribution in [0.5, 0.6) is 0 Å². The van der Waals surface area contributed by atoms with Crippen molar-refractivity contribution >= 4 is 17.4 Å². The molecule has 2 nitrogen and oxygen atoms in total. The van der Waals surface area contributed by atoms with Crippen molar-refractivity contribution in [2.45, 2.75) is 0 Å². The third-order valence-electron chi connectivity index (χ3n) is 0.582. The van der Waals surface area contributed by atoms with Crippen molar-refractivity contribution in [2.75, 3.05) is 0 Å². The Kier molecular flexibility index (Phi) is 0.601. The Hall–Kier alpha value is -0.500. The van der Waals surface area contributed by atoms with E-state index < -0.39 is 0 Å². The van der Waals surface area contributed by atoms with E-state index in [9.17, 15) is 0 Å². The molecule has 6 heavy (non-hydrogen) atoms. The van der Waals surface area contributed by atoms with Crippen molar-refractivity contribution in [1.29, 1.82) is 5.41 Å². The molecule has 0 radical (unpaired) electrons. The topological polar surface area (TPSA) is 35.9 Å². The largest absolute Gasteiger partial charge is 0.344 e. The molecule has 0 atom stereocenters. The highest BCUT2D eigenvalue weighted by atomic mass is 35.5. The summed E-state index contributed by atoms with van der Waals surface area (Å²) < 4.78 is 0. The highest BCUT2D eigenvalue weighted by Crippen LogP contribution is 2.05. The lowest BCUT2D eigenvalue weighted by Crippen LogP contribution is -2.26. The average molecular weight is 103 g/mol. The molecule has 0 spiro atoms. The van der Waals surface area contributed by atoms with E-state index in [2.05, 4.69) is 5.32 Å². The Balaban J connectivity index is 2.75. The Morgan fingerprint density at radius 1 is 1.83 bits per heavy atom. The van der Waals surface area contributed by atoms with Gasteiger partial charge in [0.05, 0.1) is 5.03 Å². The second kappa shape index (κ2) is 0.980. The first-order valence-electron chi connectivity index (χ1n) is 1.52. The molecule has 1 aliphatic heterocycles. The van der Waals surface area contributed by atoms with Crippen LogP contribution in [0.25, 0.3) is 0 Å². The van der Waals surface area contributed by atoms with Gasteiger partial charge in [-0.2, -0.15) is 0 Å². The molecule has 1 heterocycles. The van der Waals surface area contributed by atoms with E-state index in [1.165, 1.54) is 0 Å². The van der Waals surface area contributed by atoms with Gasteiger partial charge < -0.3 is 5.32 Å². The predicted octanol–water partition coefficient (Wildman–Crippen LogP) is 0.647. The van der Waals surface area contributed by atoms with Gasteiger partial charge in [0.1, 0.15) is 5.84 Å². The van der Waals surface area contributed by atoms with Crippen LogP contribution in [0.3, 0.4) is 0 Å². The van der Waals surface area contributed by atoms with Gasteiger partial charge in [0.2, 0.25) is 0 Å². The molecule has 32 valence electrons. The maximum Gasteiger partial charge on any atom is 0.142 e.